The van der Waals surface area contributed by atoms with Crippen LogP contribution >= 0.6 is 23.2 Å². The first-order chi connectivity index (χ1) is 11.0. The van der Waals surface area contributed by atoms with Gasteiger partial charge in [0.2, 0.25) is 0 Å². The van der Waals surface area contributed by atoms with Crippen LogP contribution in [0.2, 0.25) is 10.0 Å². The molecule has 0 saturated carbocycles. The summed E-state index contributed by atoms with van der Waals surface area (Å²) in [5, 5.41) is 5.65. The molecule has 2 aromatic carbocycles. The molecule has 0 bridgehead atoms. The molecular formula is C16H14Cl2N2O3. The Hall–Kier alpha value is -2.24. The van der Waals surface area contributed by atoms with Crippen LogP contribution in [0.4, 0.5) is 5.69 Å². The van der Waals surface area contributed by atoms with E-state index in [0.717, 1.165) is 11.3 Å². The second kappa shape index (κ2) is 7.85. The van der Waals surface area contributed by atoms with Gasteiger partial charge in [-0.2, -0.15) is 0 Å². The van der Waals surface area contributed by atoms with Gasteiger partial charge in [-0.1, -0.05) is 35.3 Å². The summed E-state index contributed by atoms with van der Waals surface area (Å²) in [5.41, 5.74) is 1.24. The first-order valence-electron chi connectivity index (χ1n) is 6.67. The zero-order valence-electron chi connectivity index (χ0n) is 12.2. The Kier molecular flexibility index (Phi) is 5.84. The standard InChI is InChI=1S/C16H14Cl2N2O3/c1-23-12-5-2-10(3-6-12)9-19-15(21)16(22)20-11-4-7-13(17)14(18)8-11/h2-8H,9H2,1H3,(H,19,21)(H,20,22). The van der Waals surface area contributed by atoms with E-state index >= 15 is 0 Å². The lowest BCUT2D eigenvalue weighted by atomic mass is 10.2. The number of ether oxygens (including phenoxy) is 1. The number of rotatable bonds is 4. The monoisotopic (exact) mass is 352 g/mol. The predicted molar refractivity (Wildman–Crippen MR) is 89.9 cm³/mol. The number of carbonyl (C=O) groups excluding carboxylic acids is 2. The van der Waals surface area contributed by atoms with E-state index in [2.05, 4.69) is 10.6 Å². The highest BCUT2D eigenvalue weighted by molar-refractivity contribution is 6.42. The third-order valence-corrected chi connectivity index (χ3v) is 3.73. The van der Waals surface area contributed by atoms with Gasteiger partial charge in [-0.25, -0.2) is 0 Å². The van der Waals surface area contributed by atoms with E-state index in [0.29, 0.717) is 15.7 Å². The fourth-order valence-corrected chi connectivity index (χ4v) is 2.07. The summed E-state index contributed by atoms with van der Waals surface area (Å²) in [6.45, 7) is 0.234. The minimum atomic E-state index is -0.781. The summed E-state index contributed by atoms with van der Waals surface area (Å²) >= 11 is 11.6. The number of carbonyl (C=O) groups is 2. The third-order valence-electron chi connectivity index (χ3n) is 3.00. The van der Waals surface area contributed by atoms with Crippen molar-refractivity contribution in [3.63, 3.8) is 0 Å². The average Bonchev–Trinajstić information content (AvgIpc) is 2.56. The summed E-state index contributed by atoms with van der Waals surface area (Å²) in [5.74, 6) is -0.804. The molecule has 5 nitrogen and oxygen atoms in total. The molecule has 0 atom stereocenters. The Balaban J connectivity index is 1.89. The summed E-state index contributed by atoms with van der Waals surface area (Å²) in [6, 6.07) is 11.7. The number of hydrogen-bond donors (Lipinski definition) is 2. The minimum Gasteiger partial charge on any atom is -0.497 e. The molecule has 2 amide bonds. The summed E-state index contributed by atoms with van der Waals surface area (Å²) in [6.07, 6.45) is 0. The zero-order valence-corrected chi connectivity index (χ0v) is 13.7. The third kappa shape index (κ3) is 4.87. The Bertz CT molecular complexity index is 718. The van der Waals surface area contributed by atoms with E-state index in [1.807, 2.05) is 0 Å². The number of benzene rings is 2. The van der Waals surface area contributed by atoms with Crippen LogP contribution in [0.3, 0.4) is 0 Å². The van der Waals surface area contributed by atoms with E-state index < -0.39 is 11.8 Å². The molecule has 23 heavy (non-hydrogen) atoms. The highest BCUT2D eigenvalue weighted by Crippen LogP contribution is 2.24. The normalized spacial score (nSPS) is 10.0. The summed E-state index contributed by atoms with van der Waals surface area (Å²) < 4.78 is 5.05. The first-order valence-corrected chi connectivity index (χ1v) is 7.42. The lowest BCUT2D eigenvalue weighted by molar-refractivity contribution is -0.136. The van der Waals surface area contributed by atoms with Crippen molar-refractivity contribution in [2.45, 2.75) is 6.54 Å². The van der Waals surface area contributed by atoms with Crippen molar-refractivity contribution in [2.75, 3.05) is 12.4 Å². The van der Waals surface area contributed by atoms with Gasteiger partial charge in [0.15, 0.2) is 0 Å². The van der Waals surface area contributed by atoms with Crippen LogP contribution in [0, 0.1) is 0 Å². The Morgan fingerprint density at radius 2 is 1.70 bits per heavy atom. The molecule has 2 aromatic rings. The van der Waals surface area contributed by atoms with Crippen LogP contribution in [0.1, 0.15) is 5.56 Å². The van der Waals surface area contributed by atoms with Crippen LogP contribution in [-0.4, -0.2) is 18.9 Å². The fraction of sp³-hybridized carbons (Fsp3) is 0.125. The number of methoxy groups -OCH3 is 1. The van der Waals surface area contributed by atoms with Gasteiger partial charge in [0.05, 0.1) is 17.2 Å². The minimum absolute atomic E-state index is 0.234. The van der Waals surface area contributed by atoms with E-state index in [4.69, 9.17) is 27.9 Å². The molecule has 0 aliphatic rings. The molecule has 0 aliphatic heterocycles. The maximum Gasteiger partial charge on any atom is 0.313 e. The molecule has 2 rings (SSSR count). The van der Waals surface area contributed by atoms with Crippen molar-refractivity contribution >= 4 is 40.7 Å². The van der Waals surface area contributed by atoms with Crippen molar-refractivity contribution in [2.24, 2.45) is 0 Å². The topological polar surface area (TPSA) is 67.4 Å². The number of amides is 2. The van der Waals surface area contributed by atoms with Crippen LogP contribution in [0.15, 0.2) is 42.5 Å². The van der Waals surface area contributed by atoms with Gasteiger partial charge in [-0.15, -0.1) is 0 Å². The molecular weight excluding hydrogens is 339 g/mol. The molecule has 0 unspecified atom stereocenters. The molecule has 0 aliphatic carbocycles. The van der Waals surface area contributed by atoms with Crippen molar-refractivity contribution in [1.29, 1.82) is 0 Å². The second-order valence-corrected chi connectivity index (χ2v) is 5.43. The van der Waals surface area contributed by atoms with E-state index in [1.54, 1.807) is 37.4 Å². The first kappa shape index (κ1) is 17.1. The van der Waals surface area contributed by atoms with Crippen LogP contribution in [0.25, 0.3) is 0 Å². The second-order valence-electron chi connectivity index (χ2n) is 4.61. The van der Waals surface area contributed by atoms with Crippen molar-refractivity contribution < 1.29 is 14.3 Å². The van der Waals surface area contributed by atoms with Crippen LogP contribution < -0.4 is 15.4 Å². The molecule has 0 saturated heterocycles. The van der Waals surface area contributed by atoms with Gasteiger partial charge in [0.25, 0.3) is 0 Å². The highest BCUT2D eigenvalue weighted by atomic mass is 35.5. The van der Waals surface area contributed by atoms with Crippen LogP contribution in [-0.2, 0) is 16.1 Å². The Morgan fingerprint density at radius 1 is 1.00 bits per heavy atom. The molecule has 0 aromatic heterocycles. The summed E-state index contributed by atoms with van der Waals surface area (Å²) in [7, 11) is 1.57. The quantitative estimate of drug-likeness (QED) is 0.830. The molecule has 120 valence electrons. The number of anilines is 1. The number of nitrogens with one attached hydrogen (secondary N) is 2. The van der Waals surface area contributed by atoms with Gasteiger partial charge in [-0.3, -0.25) is 9.59 Å². The molecule has 0 spiro atoms. The molecule has 2 N–H and O–H groups in total. The van der Waals surface area contributed by atoms with Crippen molar-refractivity contribution in [1.82, 2.24) is 5.32 Å². The van der Waals surface area contributed by atoms with Crippen molar-refractivity contribution in [3.8, 4) is 5.75 Å². The fourth-order valence-electron chi connectivity index (χ4n) is 1.77. The van der Waals surface area contributed by atoms with E-state index in [-0.39, 0.29) is 6.54 Å². The Morgan fingerprint density at radius 3 is 2.30 bits per heavy atom. The van der Waals surface area contributed by atoms with Gasteiger partial charge < -0.3 is 15.4 Å². The van der Waals surface area contributed by atoms with Gasteiger partial charge in [0.1, 0.15) is 5.75 Å². The predicted octanol–water partition coefficient (Wildman–Crippen LogP) is 3.26. The van der Waals surface area contributed by atoms with E-state index in [9.17, 15) is 9.59 Å². The van der Waals surface area contributed by atoms with Gasteiger partial charge >= 0.3 is 11.8 Å². The highest BCUT2D eigenvalue weighted by Gasteiger charge is 2.13. The van der Waals surface area contributed by atoms with E-state index in [1.165, 1.54) is 12.1 Å². The molecule has 7 heteroatoms. The van der Waals surface area contributed by atoms with Gasteiger partial charge in [-0.05, 0) is 35.9 Å². The van der Waals surface area contributed by atoms with Crippen molar-refractivity contribution in [3.05, 3.63) is 58.1 Å². The lowest BCUT2D eigenvalue weighted by Gasteiger charge is -2.08. The SMILES string of the molecule is COc1ccc(CNC(=O)C(=O)Nc2ccc(Cl)c(Cl)c2)cc1. The smallest absolute Gasteiger partial charge is 0.313 e. The molecule has 0 radical (unpaired) electrons. The van der Waals surface area contributed by atoms with Gasteiger partial charge in [0, 0.05) is 12.2 Å². The number of halogens is 2. The van der Waals surface area contributed by atoms with Crippen LogP contribution in [0.5, 0.6) is 5.75 Å². The zero-order chi connectivity index (χ0) is 16.8. The largest absolute Gasteiger partial charge is 0.497 e. The maximum absolute atomic E-state index is 11.8. The molecule has 0 fully saturated rings. The average molecular weight is 353 g/mol. The molecule has 0 heterocycles. The number of hydrogen-bond acceptors (Lipinski definition) is 3. The Labute approximate surface area is 143 Å². The maximum atomic E-state index is 11.8. The lowest BCUT2D eigenvalue weighted by Crippen LogP contribution is -2.34. The summed E-state index contributed by atoms with van der Waals surface area (Å²) in [4.78, 5) is 23.6.